The van der Waals surface area contributed by atoms with Crippen LogP contribution in [0.4, 0.5) is 0 Å². The third-order valence-corrected chi connectivity index (χ3v) is 3.93. The molecule has 2 rings (SSSR count). The van der Waals surface area contributed by atoms with Crippen molar-refractivity contribution in [3.8, 4) is 0 Å². The van der Waals surface area contributed by atoms with E-state index in [0.29, 0.717) is 6.04 Å². The summed E-state index contributed by atoms with van der Waals surface area (Å²) in [6, 6.07) is 8.68. The largest absolute Gasteiger partial charge is 0.468 e. The van der Waals surface area contributed by atoms with E-state index >= 15 is 0 Å². The van der Waals surface area contributed by atoms with Gasteiger partial charge in [-0.05, 0) is 37.6 Å². The quantitative estimate of drug-likeness (QED) is 0.833. The molecule has 0 fully saturated rings. The second-order valence-corrected chi connectivity index (χ2v) is 5.59. The minimum atomic E-state index is 0.482. The van der Waals surface area contributed by atoms with Crippen LogP contribution < -0.4 is 5.32 Å². The van der Waals surface area contributed by atoms with Gasteiger partial charge < -0.3 is 9.73 Å². The predicted molar refractivity (Wildman–Crippen MR) is 75.7 cm³/mol. The summed E-state index contributed by atoms with van der Waals surface area (Å²) in [6.45, 7) is 5.02. The number of likely N-dealkylation sites (N-methyl/N-ethyl adjacent to an activating group) is 1. The molecule has 0 radical (unpaired) electrons. The van der Waals surface area contributed by atoms with Crippen LogP contribution in [0.2, 0.25) is 0 Å². The highest BCUT2D eigenvalue weighted by Crippen LogP contribution is 2.09. The van der Waals surface area contributed by atoms with Gasteiger partial charge in [-0.25, -0.2) is 0 Å². The van der Waals surface area contributed by atoms with Crippen molar-refractivity contribution in [1.29, 1.82) is 0 Å². The first-order valence-electron chi connectivity index (χ1n) is 6.21. The monoisotopic (exact) mass is 264 g/mol. The molecule has 1 unspecified atom stereocenters. The van der Waals surface area contributed by atoms with Crippen LogP contribution >= 0.6 is 11.3 Å². The van der Waals surface area contributed by atoms with Gasteiger partial charge >= 0.3 is 0 Å². The van der Waals surface area contributed by atoms with Crippen LogP contribution in [0.3, 0.4) is 0 Å². The average molecular weight is 264 g/mol. The minimum absolute atomic E-state index is 0.482. The molecule has 1 N–H and O–H groups in total. The summed E-state index contributed by atoms with van der Waals surface area (Å²) in [5.74, 6) is 1.02. The summed E-state index contributed by atoms with van der Waals surface area (Å²) in [7, 11) is 2.13. The van der Waals surface area contributed by atoms with Crippen molar-refractivity contribution >= 4 is 11.3 Å². The van der Waals surface area contributed by atoms with E-state index in [4.69, 9.17) is 4.42 Å². The van der Waals surface area contributed by atoms with Gasteiger partial charge in [-0.1, -0.05) is 6.07 Å². The van der Waals surface area contributed by atoms with E-state index in [1.807, 2.05) is 12.1 Å². The summed E-state index contributed by atoms with van der Waals surface area (Å²) in [5, 5.41) is 5.60. The number of nitrogens with zero attached hydrogens (tertiary/aromatic N) is 1. The molecule has 3 nitrogen and oxygen atoms in total. The Kier molecular flexibility index (Phi) is 4.99. The lowest BCUT2D eigenvalue weighted by atomic mass is 10.2. The Morgan fingerprint density at radius 2 is 2.28 bits per heavy atom. The van der Waals surface area contributed by atoms with Crippen molar-refractivity contribution in [3.63, 3.8) is 0 Å². The van der Waals surface area contributed by atoms with Gasteiger partial charge in [0.15, 0.2) is 0 Å². The van der Waals surface area contributed by atoms with Crippen LogP contribution in [0.15, 0.2) is 40.3 Å². The van der Waals surface area contributed by atoms with Crippen molar-refractivity contribution in [1.82, 2.24) is 10.2 Å². The Labute approximate surface area is 112 Å². The highest BCUT2D eigenvalue weighted by molar-refractivity contribution is 7.09. The third kappa shape index (κ3) is 3.98. The zero-order chi connectivity index (χ0) is 12.8. The van der Waals surface area contributed by atoms with Gasteiger partial charge in [-0.2, -0.15) is 0 Å². The van der Waals surface area contributed by atoms with Gasteiger partial charge in [-0.15, -0.1) is 11.3 Å². The van der Waals surface area contributed by atoms with Gasteiger partial charge in [0.1, 0.15) is 5.76 Å². The maximum Gasteiger partial charge on any atom is 0.117 e. The minimum Gasteiger partial charge on any atom is -0.468 e. The Balaban J connectivity index is 1.69. The molecule has 0 saturated carbocycles. The zero-order valence-corrected chi connectivity index (χ0v) is 11.7. The summed E-state index contributed by atoms with van der Waals surface area (Å²) in [5.41, 5.74) is 0. The predicted octanol–water partition coefficient (Wildman–Crippen LogP) is 2.95. The van der Waals surface area contributed by atoms with Gasteiger partial charge in [-0.3, -0.25) is 4.90 Å². The lowest BCUT2D eigenvalue weighted by Crippen LogP contribution is -2.37. The SMILES string of the molecule is CC(CNCc1cccs1)N(C)Cc1ccco1. The third-order valence-electron chi connectivity index (χ3n) is 3.06. The number of rotatable bonds is 7. The fraction of sp³-hybridized carbons (Fsp3) is 0.429. The first-order chi connectivity index (χ1) is 8.75. The number of furan rings is 1. The summed E-state index contributed by atoms with van der Waals surface area (Å²) in [4.78, 5) is 3.68. The standard InChI is InChI=1S/C14H20N2OS/c1-12(9-15-10-14-6-4-8-18-14)16(2)11-13-5-3-7-17-13/h3-8,12,15H,9-11H2,1-2H3. The van der Waals surface area contributed by atoms with E-state index < -0.39 is 0 Å². The van der Waals surface area contributed by atoms with Crippen LogP contribution in [-0.2, 0) is 13.1 Å². The van der Waals surface area contributed by atoms with Gasteiger partial charge in [0.2, 0.25) is 0 Å². The Bertz CT molecular complexity index is 425. The fourth-order valence-corrected chi connectivity index (χ4v) is 2.45. The lowest BCUT2D eigenvalue weighted by Gasteiger charge is -2.23. The van der Waals surface area contributed by atoms with Crippen LogP contribution in [-0.4, -0.2) is 24.5 Å². The average Bonchev–Trinajstić information content (AvgIpc) is 3.01. The molecule has 0 aliphatic carbocycles. The summed E-state index contributed by atoms with van der Waals surface area (Å²) in [6.07, 6.45) is 1.73. The van der Waals surface area contributed by atoms with E-state index in [-0.39, 0.29) is 0 Å². The molecule has 0 saturated heterocycles. The van der Waals surface area contributed by atoms with Crippen molar-refractivity contribution in [3.05, 3.63) is 46.5 Å². The van der Waals surface area contributed by atoms with Gasteiger partial charge in [0.05, 0.1) is 12.8 Å². The molecule has 0 amide bonds. The molecule has 0 spiro atoms. The molecule has 0 bridgehead atoms. The van der Waals surface area contributed by atoms with Gasteiger partial charge in [0, 0.05) is 24.0 Å². The molecule has 2 aromatic rings. The number of hydrogen-bond donors (Lipinski definition) is 1. The van der Waals surface area contributed by atoms with Crippen LogP contribution in [0, 0.1) is 0 Å². The Morgan fingerprint density at radius 1 is 1.39 bits per heavy atom. The second kappa shape index (κ2) is 6.73. The molecular formula is C14H20N2OS. The first-order valence-corrected chi connectivity index (χ1v) is 7.09. The second-order valence-electron chi connectivity index (χ2n) is 4.55. The highest BCUT2D eigenvalue weighted by atomic mass is 32.1. The van der Waals surface area contributed by atoms with Crippen molar-refractivity contribution in [2.75, 3.05) is 13.6 Å². The van der Waals surface area contributed by atoms with Crippen LogP contribution in [0.25, 0.3) is 0 Å². The molecule has 0 aromatic carbocycles. The molecule has 98 valence electrons. The first kappa shape index (κ1) is 13.3. The topological polar surface area (TPSA) is 28.4 Å². The number of nitrogens with one attached hydrogen (secondary N) is 1. The van der Waals surface area contributed by atoms with E-state index in [1.165, 1.54) is 4.88 Å². The van der Waals surface area contributed by atoms with E-state index in [1.54, 1.807) is 17.6 Å². The number of thiophene rings is 1. The molecule has 2 aromatic heterocycles. The Hall–Kier alpha value is -1.10. The van der Waals surface area contributed by atoms with Crippen LogP contribution in [0.1, 0.15) is 17.6 Å². The van der Waals surface area contributed by atoms with E-state index in [2.05, 4.69) is 41.7 Å². The molecule has 4 heteroatoms. The molecule has 1 atom stereocenters. The van der Waals surface area contributed by atoms with Crippen molar-refractivity contribution < 1.29 is 4.42 Å². The van der Waals surface area contributed by atoms with Gasteiger partial charge in [0.25, 0.3) is 0 Å². The van der Waals surface area contributed by atoms with Crippen molar-refractivity contribution in [2.45, 2.75) is 26.1 Å². The zero-order valence-electron chi connectivity index (χ0n) is 10.9. The molecule has 0 aliphatic rings. The molecule has 2 heterocycles. The lowest BCUT2D eigenvalue weighted by molar-refractivity contribution is 0.224. The van der Waals surface area contributed by atoms with Crippen LogP contribution in [0.5, 0.6) is 0 Å². The normalized spacial score (nSPS) is 13.1. The number of hydrogen-bond acceptors (Lipinski definition) is 4. The van der Waals surface area contributed by atoms with E-state index in [9.17, 15) is 0 Å². The highest BCUT2D eigenvalue weighted by Gasteiger charge is 2.10. The summed E-state index contributed by atoms with van der Waals surface area (Å²) < 4.78 is 5.36. The smallest absolute Gasteiger partial charge is 0.117 e. The summed E-state index contributed by atoms with van der Waals surface area (Å²) >= 11 is 1.80. The maximum atomic E-state index is 5.36. The van der Waals surface area contributed by atoms with Crippen molar-refractivity contribution in [2.24, 2.45) is 0 Å². The Morgan fingerprint density at radius 3 is 2.94 bits per heavy atom. The molecular weight excluding hydrogens is 244 g/mol. The fourth-order valence-electron chi connectivity index (χ4n) is 1.78. The molecule has 18 heavy (non-hydrogen) atoms. The molecule has 0 aliphatic heterocycles. The maximum absolute atomic E-state index is 5.36. The van der Waals surface area contributed by atoms with E-state index in [0.717, 1.165) is 25.4 Å².